The number of fused-ring (bicyclic) bond motifs is 3. The molecule has 1 aliphatic heterocycles. The van der Waals surface area contributed by atoms with E-state index in [0.29, 0.717) is 36.1 Å². The molecule has 1 heterocycles. The van der Waals surface area contributed by atoms with Crippen LogP contribution < -0.4 is 5.32 Å². The van der Waals surface area contributed by atoms with E-state index in [1.54, 1.807) is 12.1 Å². The number of hydrogen-bond acceptors (Lipinski definition) is 2. The first kappa shape index (κ1) is 16.5. The van der Waals surface area contributed by atoms with Gasteiger partial charge in [-0.05, 0) is 72.2 Å². The van der Waals surface area contributed by atoms with Gasteiger partial charge >= 0.3 is 0 Å². The summed E-state index contributed by atoms with van der Waals surface area (Å²) in [6.07, 6.45) is 3.99. The lowest BCUT2D eigenvalue weighted by atomic mass is 9.87. The van der Waals surface area contributed by atoms with Gasteiger partial charge in [0.15, 0.2) is 0 Å². The van der Waals surface area contributed by atoms with Crippen LogP contribution in [0.4, 0.5) is 8.78 Å². The van der Waals surface area contributed by atoms with Crippen LogP contribution in [0, 0.1) is 28.9 Å². The molecule has 1 aliphatic carbocycles. The zero-order chi connectivity index (χ0) is 18.3. The fourth-order valence-electron chi connectivity index (χ4n) is 3.85. The van der Waals surface area contributed by atoms with Crippen molar-refractivity contribution in [3.8, 4) is 17.2 Å². The fourth-order valence-corrected chi connectivity index (χ4v) is 3.85. The van der Waals surface area contributed by atoms with Crippen molar-refractivity contribution < 1.29 is 13.6 Å². The van der Waals surface area contributed by atoms with E-state index in [4.69, 9.17) is 0 Å². The summed E-state index contributed by atoms with van der Waals surface area (Å²) >= 11 is 0. The molecule has 3 nitrogen and oxygen atoms in total. The lowest BCUT2D eigenvalue weighted by molar-refractivity contribution is -0.117. The van der Waals surface area contributed by atoms with Crippen LogP contribution in [0.3, 0.4) is 0 Å². The Hall–Kier alpha value is -3.00. The van der Waals surface area contributed by atoms with E-state index < -0.39 is 11.6 Å². The third kappa shape index (κ3) is 2.88. The molecule has 4 rings (SSSR count). The first-order valence-corrected chi connectivity index (χ1v) is 8.56. The van der Waals surface area contributed by atoms with Crippen LogP contribution in [0.25, 0.3) is 17.2 Å². The van der Waals surface area contributed by atoms with E-state index in [-0.39, 0.29) is 17.4 Å². The van der Waals surface area contributed by atoms with Crippen LogP contribution in [0.1, 0.15) is 29.5 Å². The summed E-state index contributed by atoms with van der Waals surface area (Å²) in [7, 11) is 0. The van der Waals surface area contributed by atoms with Crippen molar-refractivity contribution in [3.05, 3.63) is 64.2 Å². The van der Waals surface area contributed by atoms with Crippen molar-refractivity contribution in [2.24, 2.45) is 5.92 Å². The Kier molecular flexibility index (Phi) is 4.04. The van der Waals surface area contributed by atoms with E-state index in [1.165, 1.54) is 12.1 Å². The number of hydrogen-bond donors (Lipinski definition) is 1. The highest BCUT2D eigenvalue weighted by molar-refractivity contribution is 5.99. The van der Waals surface area contributed by atoms with E-state index in [2.05, 4.69) is 11.4 Å². The zero-order valence-electron chi connectivity index (χ0n) is 14.0. The molecular weight excluding hydrogens is 334 g/mol. The van der Waals surface area contributed by atoms with Gasteiger partial charge in [0, 0.05) is 23.7 Å². The number of carbonyl (C=O) groups excluding carboxylic acids is 1. The summed E-state index contributed by atoms with van der Waals surface area (Å²) in [6.45, 7) is 0.618. The highest BCUT2D eigenvalue weighted by Gasteiger charge is 2.27. The second-order valence-electron chi connectivity index (χ2n) is 6.82. The Morgan fingerprint density at radius 2 is 1.96 bits per heavy atom. The maximum Gasteiger partial charge on any atom is 0.247 e. The van der Waals surface area contributed by atoms with Gasteiger partial charge in [0.1, 0.15) is 11.6 Å². The maximum absolute atomic E-state index is 14.4. The summed E-state index contributed by atoms with van der Waals surface area (Å²) in [6, 6.07) is 8.96. The average molecular weight is 350 g/mol. The number of carbonyl (C=O) groups is 1. The van der Waals surface area contributed by atoms with E-state index in [9.17, 15) is 18.8 Å². The average Bonchev–Trinajstić information content (AvgIpc) is 2.90. The molecule has 0 spiro atoms. The number of amides is 1. The molecule has 1 atom stereocenters. The van der Waals surface area contributed by atoms with Crippen molar-refractivity contribution in [1.29, 1.82) is 5.26 Å². The number of rotatable bonds is 1. The summed E-state index contributed by atoms with van der Waals surface area (Å²) in [5.74, 6) is -1.12. The molecule has 2 aromatic rings. The van der Waals surface area contributed by atoms with Gasteiger partial charge in [0.05, 0.1) is 11.6 Å². The number of nitrogens with zero attached hydrogens (tertiary/aromatic N) is 1. The molecule has 2 bridgehead atoms. The first-order chi connectivity index (χ1) is 12.5. The Balaban J connectivity index is 1.97. The second-order valence-corrected chi connectivity index (χ2v) is 6.82. The van der Waals surface area contributed by atoms with Gasteiger partial charge in [-0.3, -0.25) is 4.79 Å². The highest BCUT2D eigenvalue weighted by Crippen LogP contribution is 2.37. The van der Waals surface area contributed by atoms with Crippen molar-refractivity contribution in [3.63, 3.8) is 0 Å². The van der Waals surface area contributed by atoms with Crippen LogP contribution in [0.2, 0.25) is 0 Å². The fraction of sp³-hybridized carbons (Fsp3) is 0.238. The van der Waals surface area contributed by atoms with E-state index in [1.807, 2.05) is 6.08 Å². The number of nitrogens with one attached hydrogen (secondary N) is 1. The third-order valence-electron chi connectivity index (χ3n) is 5.10. The van der Waals surface area contributed by atoms with Crippen molar-refractivity contribution in [2.45, 2.75) is 19.3 Å². The Morgan fingerprint density at radius 1 is 1.12 bits per heavy atom. The maximum atomic E-state index is 14.4. The Morgan fingerprint density at radius 3 is 2.73 bits per heavy atom. The van der Waals surface area contributed by atoms with Crippen LogP contribution in [0.15, 0.2) is 35.9 Å². The predicted molar refractivity (Wildman–Crippen MR) is 93.9 cm³/mol. The third-order valence-corrected chi connectivity index (χ3v) is 5.10. The first-order valence-electron chi connectivity index (χ1n) is 8.56. The molecular formula is C21H16F2N2O. The van der Waals surface area contributed by atoms with Gasteiger partial charge in [0.25, 0.3) is 0 Å². The topological polar surface area (TPSA) is 52.9 Å². The van der Waals surface area contributed by atoms with Crippen molar-refractivity contribution in [2.75, 3.05) is 6.54 Å². The molecule has 2 aromatic carbocycles. The quantitative estimate of drug-likeness (QED) is 0.846. The molecule has 5 heteroatoms. The Labute approximate surface area is 150 Å². The van der Waals surface area contributed by atoms with E-state index >= 15 is 0 Å². The summed E-state index contributed by atoms with van der Waals surface area (Å²) in [5.41, 5.74) is 3.61. The molecule has 2 aliphatic rings. The normalized spacial score (nSPS) is 18.7. The lowest BCUT2D eigenvalue weighted by Crippen LogP contribution is -2.23. The minimum absolute atomic E-state index is 0.0859. The molecule has 26 heavy (non-hydrogen) atoms. The van der Waals surface area contributed by atoms with Gasteiger partial charge in [-0.2, -0.15) is 5.26 Å². The van der Waals surface area contributed by atoms with Gasteiger partial charge < -0.3 is 5.32 Å². The SMILES string of the molecule is N#Cc1cc2c(c(-c3ccc(F)cc3F)c1)CC1CCNC(=O)C(=C2)C1. The van der Waals surface area contributed by atoms with Gasteiger partial charge in [-0.25, -0.2) is 8.78 Å². The number of halogens is 2. The summed E-state index contributed by atoms with van der Waals surface area (Å²) < 4.78 is 27.8. The van der Waals surface area contributed by atoms with Crippen LogP contribution in [0.5, 0.6) is 0 Å². The smallest absolute Gasteiger partial charge is 0.247 e. The minimum Gasteiger partial charge on any atom is -0.352 e. The second kappa shape index (κ2) is 6.38. The molecule has 0 aromatic heterocycles. The molecule has 0 radical (unpaired) electrons. The lowest BCUT2D eigenvalue weighted by Gasteiger charge is -2.18. The molecule has 1 N–H and O–H groups in total. The highest BCUT2D eigenvalue weighted by atomic mass is 19.1. The molecule has 1 saturated heterocycles. The van der Waals surface area contributed by atoms with E-state index in [0.717, 1.165) is 23.6 Å². The molecule has 1 fully saturated rings. The van der Waals surface area contributed by atoms with Crippen LogP contribution in [-0.4, -0.2) is 12.5 Å². The minimum atomic E-state index is -0.655. The van der Waals surface area contributed by atoms with Crippen molar-refractivity contribution in [1.82, 2.24) is 5.32 Å². The summed E-state index contributed by atoms with van der Waals surface area (Å²) in [5, 5.41) is 12.3. The molecule has 0 saturated carbocycles. The van der Waals surface area contributed by atoms with Gasteiger partial charge in [-0.1, -0.05) is 0 Å². The molecule has 1 amide bonds. The largest absolute Gasteiger partial charge is 0.352 e. The van der Waals surface area contributed by atoms with Crippen molar-refractivity contribution >= 4 is 12.0 Å². The molecule has 130 valence electrons. The van der Waals surface area contributed by atoms with Gasteiger partial charge in [0.2, 0.25) is 5.91 Å². The Bertz CT molecular complexity index is 988. The number of nitriles is 1. The van der Waals surface area contributed by atoms with Crippen LogP contribution in [-0.2, 0) is 11.2 Å². The standard InChI is InChI=1S/C21H16F2N2O/c22-16-1-2-17(20(23)10-16)19-8-13(11-24)6-14-9-15-5-12(7-18(14)19)3-4-25-21(15)26/h1-2,6,8-10,12H,3-5,7H2,(H,25,26). The summed E-state index contributed by atoms with van der Waals surface area (Å²) in [4.78, 5) is 12.2. The molecule has 1 unspecified atom stereocenters. The van der Waals surface area contributed by atoms with Crippen LogP contribution >= 0.6 is 0 Å². The predicted octanol–water partition coefficient (Wildman–Crippen LogP) is 3.97. The number of benzene rings is 2. The zero-order valence-corrected chi connectivity index (χ0v) is 14.0. The monoisotopic (exact) mass is 350 g/mol. The van der Waals surface area contributed by atoms with Gasteiger partial charge in [-0.15, -0.1) is 0 Å².